The van der Waals surface area contributed by atoms with Crippen molar-refractivity contribution in [3.63, 3.8) is 0 Å². The van der Waals surface area contributed by atoms with Crippen molar-refractivity contribution >= 4 is 28.1 Å². The Morgan fingerprint density at radius 3 is 3.00 bits per heavy atom. The fourth-order valence-electron chi connectivity index (χ4n) is 3.24. The maximum Gasteiger partial charge on any atom is 0.226 e. The van der Waals surface area contributed by atoms with Crippen LogP contribution in [-0.4, -0.2) is 20.9 Å². The van der Waals surface area contributed by atoms with Crippen LogP contribution in [-0.2, 0) is 17.9 Å². The average Bonchev–Trinajstić information content (AvgIpc) is 3.20. The Morgan fingerprint density at radius 1 is 1.38 bits per heavy atom. The second kappa shape index (κ2) is 7.04. The van der Waals surface area contributed by atoms with Gasteiger partial charge in [0.1, 0.15) is 12.4 Å². The molecular formula is C21H20N4O3S. The molecule has 1 aliphatic carbocycles. The van der Waals surface area contributed by atoms with Gasteiger partial charge in [-0.15, -0.1) is 11.3 Å². The molecule has 0 bridgehead atoms. The van der Waals surface area contributed by atoms with Gasteiger partial charge in [0.15, 0.2) is 12.2 Å². The highest BCUT2D eigenvalue weighted by Crippen LogP contribution is 2.45. The molecule has 7 nitrogen and oxygen atoms in total. The molecule has 3 heterocycles. The third-order valence-corrected chi connectivity index (χ3v) is 5.96. The number of nitrogens with zero attached hydrogens (tertiary/aromatic N) is 2. The van der Waals surface area contributed by atoms with E-state index in [9.17, 15) is 4.79 Å². The van der Waals surface area contributed by atoms with Crippen molar-refractivity contribution in [2.75, 3.05) is 0 Å². The molecule has 29 heavy (non-hydrogen) atoms. The van der Waals surface area contributed by atoms with Crippen LogP contribution in [0.5, 0.6) is 5.75 Å². The second-order valence-electron chi connectivity index (χ2n) is 7.61. The lowest BCUT2D eigenvalue weighted by Crippen LogP contribution is -2.29. The van der Waals surface area contributed by atoms with Gasteiger partial charge in [0.2, 0.25) is 5.91 Å². The van der Waals surface area contributed by atoms with Crippen LogP contribution < -0.4 is 10.1 Å². The van der Waals surface area contributed by atoms with Gasteiger partial charge in [-0.25, -0.2) is 9.97 Å². The summed E-state index contributed by atoms with van der Waals surface area (Å²) in [6.07, 6.45) is 5.00. The van der Waals surface area contributed by atoms with Crippen LogP contribution in [0.3, 0.4) is 0 Å². The lowest BCUT2D eigenvalue weighted by molar-refractivity contribution is -0.125. The van der Waals surface area contributed by atoms with Crippen LogP contribution in [0.15, 0.2) is 46.1 Å². The minimum atomic E-state index is -0.178. The summed E-state index contributed by atoms with van der Waals surface area (Å²) in [4.78, 5) is 23.9. The van der Waals surface area contributed by atoms with Crippen molar-refractivity contribution in [3.05, 3.63) is 53.1 Å². The number of ether oxygens (including phenoxy) is 1. The summed E-state index contributed by atoms with van der Waals surface area (Å²) in [5, 5.41) is 6.00. The van der Waals surface area contributed by atoms with Crippen LogP contribution >= 0.6 is 11.3 Å². The van der Waals surface area contributed by atoms with Gasteiger partial charge < -0.3 is 19.5 Å². The highest BCUT2D eigenvalue weighted by atomic mass is 32.1. The number of carbonyl (C=O) groups is 1. The smallest absolute Gasteiger partial charge is 0.226 e. The van der Waals surface area contributed by atoms with E-state index in [4.69, 9.17) is 9.15 Å². The molecule has 5 rings (SSSR count). The lowest BCUT2D eigenvalue weighted by Gasteiger charge is -2.09. The van der Waals surface area contributed by atoms with Crippen molar-refractivity contribution in [2.45, 2.75) is 32.9 Å². The molecule has 1 fully saturated rings. The van der Waals surface area contributed by atoms with E-state index >= 15 is 0 Å². The van der Waals surface area contributed by atoms with Gasteiger partial charge >= 0.3 is 0 Å². The van der Waals surface area contributed by atoms with Crippen LogP contribution in [0.4, 0.5) is 0 Å². The number of amides is 1. The number of aromatic amines is 1. The number of aromatic nitrogens is 3. The standard InChI is InChI=1S/C21H20N4O3S/c1-21(2-3-21)20(26)23-7-14-4-13-5-16(19-8-22-11-28-19)18(6-17(13)25-14)27-9-15-10-29-12-24-15/h4-6,8,10-12,25H,2-3,7,9H2,1H3,(H,23,26). The van der Waals surface area contributed by atoms with E-state index in [1.807, 2.05) is 30.5 Å². The Balaban J connectivity index is 1.42. The fraction of sp³-hybridized carbons (Fsp3) is 0.286. The van der Waals surface area contributed by atoms with Crippen LogP contribution in [0.25, 0.3) is 22.2 Å². The molecule has 1 aromatic carbocycles. The monoisotopic (exact) mass is 408 g/mol. The minimum absolute atomic E-state index is 0.116. The Morgan fingerprint density at radius 2 is 2.28 bits per heavy atom. The van der Waals surface area contributed by atoms with E-state index in [1.54, 1.807) is 11.7 Å². The van der Waals surface area contributed by atoms with Gasteiger partial charge in [0.05, 0.1) is 29.5 Å². The SMILES string of the molecule is CC1(C(=O)NCc2cc3cc(-c4cnco4)c(OCc4cscn4)cc3[nH]2)CC1. The van der Waals surface area contributed by atoms with Crippen LogP contribution in [0.1, 0.15) is 31.2 Å². The summed E-state index contributed by atoms with van der Waals surface area (Å²) >= 11 is 1.54. The zero-order valence-electron chi connectivity index (χ0n) is 15.9. The van der Waals surface area contributed by atoms with Gasteiger partial charge in [-0.1, -0.05) is 6.92 Å². The molecular weight excluding hydrogens is 388 g/mol. The highest BCUT2D eigenvalue weighted by Gasteiger charge is 2.44. The number of thiazole rings is 1. The molecule has 1 saturated carbocycles. The molecule has 0 aliphatic heterocycles. The zero-order valence-corrected chi connectivity index (χ0v) is 16.7. The number of benzene rings is 1. The van der Waals surface area contributed by atoms with Crippen molar-refractivity contribution in [3.8, 4) is 17.1 Å². The first-order valence-corrected chi connectivity index (χ1v) is 10.4. The number of hydrogen-bond donors (Lipinski definition) is 2. The Labute approximate surface area is 171 Å². The van der Waals surface area contributed by atoms with Crippen LogP contribution in [0.2, 0.25) is 0 Å². The van der Waals surface area contributed by atoms with Crippen molar-refractivity contribution in [1.82, 2.24) is 20.3 Å². The molecule has 1 aliphatic rings. The first-order valence-electron chi connectivity index (χ1n) is 9.43. The summed E-state index contributed by atoms with van der Waals surface area (Å²) < 4.78 is 11.5. The molecule has 4 aromatic rings. The van der Waals surface area contributed by atoms with Crippen molar-refractivity contribution < 1.29 is 13.9 Å². The van der Waals surface area contributed by atoms with Gasteiger partial charge in [-0.2, -0.15) is 0 Å². The van der Waals surface area contributed by atoms with E-state index in [1.165, 1.54) is 17.7 Å². The Kier molecular flexibility index (Phi) is 4.35. The predicted molar refractivity (Wildman–Crippen MR) is 109 cm³/mol. The molecule has 0 unspecified atom stereocenters. The molecule has 0 radical (unpaired) electrons. The molecule has 0 atom stereocenters. The van der Waals surface area contributed by atoms with E-state index < -0.39 is 0 Å². The third-order valence-electron chi connectivity index (χ3n) is 5.32. The van der Waals surface area contributed by atoms with Crippen molar-refractivity contribution in [2.24, 2.45) is 5.41 Å². The maximum atomic E-state index is 12.2. The number of fused-ring (bicyclic) bond motifs is 1. The highest BCUT2D eigenvalue weighted by molar-refractivity contribution is 7.07. The van der Waals surface area contributed by atoms with E-state index in [-0.39, 0.29) is 11.3 Å². The topological polar surface area (TPSA) is 93.0 Å². The van der Waals surface area contributed by atoms with Gasteiger partial charge in [0, 0.05) is 33.5 Å². The first-order chi connectivity index (χ1) is 14.1. The molecule has 148 valence electrons. The molecule has 2 N–H and O–H groups in total. The minimum Gasteiger partial charge on any atom is -0.486 e. The van der Waals surface area contributed by atoms with E-state index in [0.717, 1.165) is 40.7 Å². The predicted octanol–water partition coefficient (Wildman–Crippen LogP) is 4.27. The average molecular weight is 408 g/mol. The number of oxazole rings is 1. The normalized spacial score (nSPS) is 14.8. The summed E-state index contributed by atoms with van der Waals surface area (Å²) in [6.45, 7) is 2.84. The Bertz CT molecular complexity index is 1140. The molecule has 0 saturated heterocycles. The number of carbonyl (C=O) groups excluding carboxylic acids is 1. The summed E-state index contributed by atoms with van der Waals surface area (Å²) in [6, 6.07) is 6.00. The number of nitrogens with one attached hydrogen (secondary N) is 2. The van der Waals surface area contributed by atoms with E-state index in [0.29, 0.717) is 24.7 Å². The first kappa shape index (κ1) is 17.9. The number of hydrogen-bond acceptors (Lipinski definition) is 6. The van der Waals surface area contributed by atoms with Gasteiger partial charge in [-0.3, -0.25) is 4.79 Å². The third kappa shape index (κ3) is 3.63. The number of H-pyrrole nitrogens is 1. The zero-order chi connectivity index (χ0) is 19.8. The largest absolute Gasteiger partial charge is 0.486 e. The van der Waals surface area contributed by atoms with Gasteiger partial charge in [-0.05, 0) is 25.0 Å². The van der Waals surface area contributed by atoms with Crippen molar-refractivity contribution in [1.29, 1.82) is 0 Å². The van der Waals surface area contributed by atoms with Gasteiger partial charge in [0.25, 0.3) is 0 Å². The maximum absolute atomic E-state index is 12.2. The lowest BCUT2D eigenvalue weighted by atomic mass is 10.1. The molecule has 0 spiro atoms. The summed E-state index contributed by atoms with van der Waals surface area (Å²) in [5.41, 5.74) is 5.18. The second-order valence-corrected chi connectivity index (χ2v) is 8.33. The quantitative estimate of drug-likeness (QED) is 0.476. The van der Waals surface area contributed by atoms with E-state index in [2.05, 4.69) is 20.3 Å². The van der Waals surface area contributed by atoms with Crippen LogP contribution in [0, 0.1) is 5.41 Å². The Hall–Kier alpha value is -3.13. The molecule has 1 amide bonds. The summed E-state index contributed by atoms with van der Waals surface area (Å²) in [7, 11) is 0. The molecule has 3 aromatic heterocycles. The summed E-state index contributed by atoms with van der Waals surface area (Å²) in [5.74, 6) is 1.44. The molecule has 8 heteroatoms. The number of rotatable bonds is 7. The fourth-order valence-corrected chi connectivity index (χ4v) is 3.78.